The van der Waals surface area contributed by atoms with E-state index in [-0.39, 0.29) is 11.9 Å². The van der Waals surface area contributed by atoms with Crippen molar-refractivity contribution in [2.75, 3.05) is 28.3 Å². The van der Waals surface area contributed by atoms with Crippen molar-refractivity contribution in [1.82, 2.24) is 10.2 Å². The molecule has 1 N–H and O–H groups in total. The highest BCUT2D eigenvalue weighted by atomic mass is 16.5. The summed E-state index contributed by atoms with van der Waals surface area (Å²) < 4.78 is 10.6. The van der Waals surface area contributed by atoms with Crippen molar-refractivity contribution < 1.29 is 14.3 Å². The first kappa shape index (κ1) is 15.3. The number of ether oxygens (including phenoxy) is 2. The minimum Gasteiger partial charge on any atom is -0.493 e. The Morgan fingerprint density at radius 3 is 2.58 bits per heavy atom. The van der Waals surface area contributed by atoms with Crippen LogP contribution in [-0.4, -0.2) is 45.2 Å². The molecule has 0 heterocycles. The van der Waals surface area contributed by atoms with Crippen LogP contribution in [0.15, 0.2) is 18.2 Å². The van der Waals surface area contributed by atoms with Gasteiger partial charge in [0.15, 0.2) is 11.5 Å². The van der Waals surface area contributed by atoms with Gasteiger partial charge in [0.1, 0.15) is 0 Å². The van der Waals surface area contributed by atoms with Crippen LogP contribution in [0.2, 0.25) is 0 Å². The van der Waals surface area contributed by atoms with Crippen LogP contribution in [0.1, 0.15) is 12.5 Å². The molecule has 1 unspecified atom stereocenters. The van der Waals surface area contributed by atoms with Crippen molar-refractivity contribution in [2.24, 2.45) is 0 Å². The zero-order chi connectivity index (χ0) is 14.4. The van der Waals surface area contributed by atoms with Crippen LogP contribution < -0.4 is 14.8 Å². The predicted molar refractivity (Wildman–Crippen MR) is 74.5 cm³/mol. The second-order valence-electron chi connectivity index (χ2n) is 4.36. The third-order valence-corrected chi connectivity index (χ3v) is 3.07. The van der Waals surface area contributed by atoms with E-state index in [4.69, 9.17) is 9.47 Å². The molecule has 1 aromatic carbocycles. The van der Waals surface area contributed by atoms with Gasteiger partial charge in [-0.05, 0) is 20.0 Å². The lowest BCUT2D eigenvalue weighted by Crippen LogP contribution is -2.41. The van der Waals surface area contributed by atoms with Gasteiger partial charge in [-0.15, -0.1) is 0 Å². The van der Waals surface area contributed by atoms with Gasteiger partial charge in [0.25, 0.3) is 0 Å². The number of rotatable bonds is 6. The Hall–Kier alpha value is -1.75. The molecule has 5 heteroatoms. The maximum absolute atomic E-state index is 12.0. The number of para-hydroxylation sites is 1. The number of nitrogens with one attached hydrogen (secondary N) is 1. The summed E-state index contributed by atoms with van der Waals surface area (Å²) in [4.78, 5) is 13.7. The van der Waals surface area contributed by atoms with Crippen molar-refractivity contribution >= 4 is 5.91 Å². The molecule has 0 radical (unpaired) electrons. The maximum Gasteiger partial charge on any atom is 0.239 e. The zero-order valence-corrected chi connectivity index (χ0v) is 12.2. The summed E-state index contributed by atoms with van der Waals surface area (Å²) in [5.74, 6) is 1.37. The molecule has 19 heavy (non-hydrogen) atoms. The summed E-state index contributed by atoms with van der Waals surface area (Å²) in [7, 11) is 6.73. The Balaban J connectivity index is 2.90. The molecule has 1 rings (SSSR count). The molecule has 0 aromatic heterocycles. The van der Waals surface area contributed by atoms with Gasteiger partial charge in [0.05, 0.1) is 20.3 Å². The Bertz CT molecular complexity index is 435. The maximum atomic E-state index is 12.0. The molecule has 0 spiro atoms. The third-order valence-electron chi connectivity index (χ3n) is 3.07. The Labute approximate surface area is 114 Å². The highest BCUT2D eigenvalue weighted by Crippen LogP contribution is 2.31. The molecule has 0 saturated heterocycles. The number of likely N-dealkylation sites (N-methyl/N-ethyl adjacent to an activating group) is 2. The molecule has 1 aromatic rings. The van der Waals surface area contributed by atoms with E-state index in [0.717, 1.165) is 5.56 Å². The molecule has 0 bridgehead atoms. The number of hydrogen-bond acceptors (Lipinski definition) is 4. The molecule has 106 valence electrons. The Morgan fingerprint density at radius 2 is 2.05 bits per heavy atom. The fourth-order valence-electron chi connectivity index (χ4n) is 1.87. The highest BCUT2D eigenvalue weighted by molar-refractivity contribution is 5.81. The first-order chi connectivity index (χ1) is 9.04. The standard InChI is InChI=1S/C14H22N2O3/c1-10(15-2)14(17)16(3)9-11-7-6-8-12(18-4)13(11)19-5/h6-8,10,15H,9H2,1-5H3. The summed E-state index contributed by atoms with van der Waals surface area (Å²) in [6.07, 6.45) is 0. The van der Waals surface area contributed by atoms with E-state index in [0.29, 0.717) is 18.0 Å². The molecule has 0 saturated carbocycles. The van der Waals surface area contributed by atoms with Gasteiger partial charge < -0.3 is 19.7 Å². The second kappa shape index (κ2) is 6.99. The summed E-state index contributed by atoms with van der Waals surface area (Å²) in [5.41, 5.74) is 0.918. The van der Waals surface area contributed by atoms with Crippen molar-refractivity contribution in [3.05, 3.63) is 23.8 Å². The van der Waals surface area contributed by atoms with E-state index < -0.39 is 0 Å². The van der Waals surface area contributed by atoms with Gasteiger partial charge in [0.2, 0.25) is 5.91 Å². The van der Waals surface area contributed by atoms with Crippen LogP contribution in [-0.2, 0) is 11.3 Å². The first-order valence-electron chi connectivity index (χ1n) is 6.17. The van der Waals surface area contributed by atoms with Crippen LogP contribution in [0.3, 0.4) is 0 Å². The molecular formula is C14H22N2O3. The summed E-state index contributed by atoms with van der Waals surface area (Å²) in [6, 6.07) is 5.44. The van der Waals surface area contributed by atoms with Gasteiger partial charge in [-0.1, -0.05) is 12.1 Å². The van der Waals surface area contributed by atoms with E-state index >= 15 is 0 Å². The lowest BCUT2D eigenvalue weighted by Gasteiger charge is -2.22. The lowest BCUT2D eigenvalue weighted by molar-refractivity contribution is -0.132. The number of carbonyl (C=O) groups is 1. The summed E-state index contributed by atoms with van der Waals surface area (Å²) in [6.45, 7) is 2.31. The van der Waals surface area contributed by atoms with Crippen molar-refractivity contribution in [2.45, 2.75) is 19.5 Å². The number of amides is 1. The molecule has 1 amide bonds. The molecule has 0 aliphatic rings. The average molecular weight is 266 g/mol. The van der Waals surface area contributed by atoms with Crippen molar-refractivity contribution in [3.8, 4) is 11.5 Å². The van der Waals surface area contributed by atoms with E-state index in [1.165, 1.54) is 0 Å². The van der Waals surface area contributed by atoms with Gasteiger partial charge in [-0.25, -0.2) is 0 Å². The van der Waals surface area contributed by atoms with Crippen LogP contribution >= 0.6 is 0 Å². The van der Waals surface area contributed by atoms with Crippen molar-refractivity contribution in [1.29, 1.82) is 0 Å². The predicted octanol–water partition coefficient (Wildman–Crippen LogP) is 1.27. The molecular weight excluding hydrogens is 244 g/mol. The zero-order valence-electron chi connectivity index (χ0n) is 12.2. The van der Waals surface area contributed by atoms with Gasteiger partial charge >= 0.3 is 0 Å². The minimum absolute atomic E-state index is 0.0346. The lowest BCUT2D eigenvalue weighted by atomic mass is 10.1. The third kappa shape index (κ3) is 3.61. The molecule has 1 atom stereocenters. The average Bonchev–Trinajstić information content (AvgIpc) is 2.44. The van der Waals surface area contributed by atoms with Gasteiger partial charge in [-0.2, -0.15) is 0 Å². The van der Waals surface area contributed by atoms with E-state index in [9.17, 15) is 4.79 Å². The molecule has 5 nitrogen and oxygen atoms in total. The first-order valence-corrected chi connectivity index (χ1v) is 6.17. The van der Waals surface area contributed by atoms with Crippen LogP contribution in [0, 0.1) is 0 Å². The SMILES string of the molecule is CNC(C)C(=O)N(C)Cc1cccc(OC)c1OC. The quantitative estimate of drug-likeness (QED) is 0.842. The van der Waals surface area contributed by atoms with Crippen LogP contribution in [0.4, 0.5) is 0 Å². The van der Waals surface area contributed by atoms with E-state index in [1.54, 1.807) is 33.2 Å². The van der Waals surface area contributed by atoms with Crippen LogP contribution in [0.25, 0.3) is 0 Å². The van der Waals surface area contributed by atoms with Gasteiger partial charge in [0, 0.05) is 19.2 Å². The van der Waals surface area contributed by atoms with E-state index in [2.05, 4.69) is 5.32 Å². The second-order valence-corrected chi connectivity index (χ2v) is 4.36. The minimum atomic E-state index is -0.207. The normalized spacial score (nSPS) is 11.8. The molecule has 0 aliphatic heterocycles. The number of benzene rings is 1. The molecule has 0 aliphatic carbocycles. The molecule has 0 fully saturated rings. The Kier molecular flexibility index (Phi) is 5.63. The topological polar surface area (TPSA) is 50.8 Å². The van der Waals surface area contributed by atoms with Crippen LogP contribution in [0.5, 0.6) is 11.5 Å². The summed E-state index contributed by atoms with van der Waals surface area (Å²) >= 11 is 0. The van der Waals surface area contributed by atoms with Gasteiger partial charge in [-0.3, -0.25) is 4.79 Å². The largest absolute Gasteiger partial charge is 0.493 e. The fraction of sp³-hybridized carbons (Fsp3) is 0.500. The fourth-order valence-corrected chi connectivity index (χ4v) is 1.87. The Morgan fingerprint density at radius 1 is 1.37 bits per heavy atom. The summed E-state index contributed by atoms with van der Waals surface area (Å²) in [5, 5.41) is 2.94. The smallest absolute Gasteiger partial charge is 0.239 e. The monoisotopic (exact) mass is 266 g/mol. The number of methoxy groups -OCH3 is 2. The van der Waals surface area contributed by atoms with E-state index in [1.807, 2.05) is 25.1 Å². The number of carbonyl (C=O) groups excluding carboxylic acids is 1. The number of hydrogen-bond donors (Lipinski definition) is 1. The van der Waals surface area contributed by atoms with Crippen molar-refractivity contribution in [3.63, 3.8) is 0 Å². The highest BCUT2D eigenvalue weighted by Gasteiger charge is 2.18. The number of nitrogens with zero attached hydrogens (tertiary/aromatic N) is 1.